The van der Waals surface area contributed by atoms with E-state index >= 15 is 0 Å². The third-order valence-electron chi connectivity index (χ3n) is 6.08. The highest BCUT2D eigenvalue weighted by molar-refractivity contribution is 6.30. The predicted molar refractivity (Wildman–Crippen MR) is 127 cm³/mol. The van der Waals surface area contributed by atoms with Gasteiger partial charge in [0, 0.05) is 43.7 Å². The minimum absolute atomic E-state index is 0.0157. The zero-order chi connectivity index (χ0) is 24.5. The van der Waals surface area contributed by atoms with Crippen LogP contribution in [0.3, 0.4) is 0 Å². The number of nitrogens with zero attached hydrogens (tertiary/aromatic N) is 3. The van der Waals surface area contributed by atoms with Gasteiger partial charge in [0.05, 0.1) is 16.1 Å². The van der Waals surface area contributed by atoms with Crippen LogP contribution in [0.4, 0.5) is 29.3 Å². The van der Waals surface area contributed by atoms with Gasteiger partial charge in [0.25, 0.3) is 0 Å². The number of aromatic nitrogens is 2. The van der Waals surface area contributed by atoms with Crippen molar-refractivity contribution in [3.8, 4) is 0 Å². The molecule has 5 nitrogen and oxygen atoms in total. The Labute approximate surface area is 200 Å². The number of anilines is 2. The number of fused-ring (bicyclic) bond motifs is 1. The van der Waals surface area contributed by atoms with Gasteiger partial charge in [-0.25, -0.2) is 9.37 Å². The van der Waals surface area contributed by atoms with Crippen LogP contribution in [0.5, 0.6) is 0 Å². The van der Waals surface area contributed by atoms with Crippen molar-refractivity contribution in [1.82, 2.24) is 15.3 Å². The van der Waals surface area contributed by atoms with E-state index in [0.717, 1.165) is 48.5 Å². The van der Waals surface area contributed by atoms with E-state index in [0.29, 0.717) is 12.0 Å². The zero-order valence-electron chi connectivity index (χ0n) is 18.9. The molecule has 1 aliphatic rings. The number of halogens is 5. The van der Waals surface area contributed by atoms with Gasteiger partial charge in [0.1, 0.15) is 11.6 Å². The molecule has 2 N–H and O–H groups in total. The normalized spacial score (nSPS) is 18.8. The van der Waals surface area contributed by atoms with Gasteiger partial charge in [-0.15, -0.1) is 0 Å². The average Bonchev–Trinajstić information content (AvgIpc) is 2.79. The SMILES string of the molecule is CN(C)c1nc(NC2CCC(NCc3cc(C(F)(F)F)cc(Cl)c3F)CC2)nc2ccccc12. The van der Waals surface area contributed by atoms with Crippen LogP contribution in [-0.4, -0.2) is 36.1 Å². The number of alkyl halides is 3. The number of benzene rings is 2. The van der Waals surface area contributed by atoms with E-state index in [1.807, 2.05) is 43.3 Å². The van der Waals surface area contributed by atoms with E-state index in [1.54, 1.807) is 0 Å². The van der Waals surface area contributed by atoms with E-state index in [2.05, 4.69) is 20.6 Å². The molecular formula is C24H26ClF4N5. The molecule has 4 rings (SSSR count). The Kier molecular flexibility index (Phi) is 7.14. The van der Waals surface area contributed by atoms with Gasteiger partial charge < -0.3 is 15.5 Å². The van der Waals surface area contributed by atoms with Crippen LogP contribution in [0.15, 0.2) is 36.4 Å². The molecular weight excluding hydrogens is 470 g/mol. The van der Waals surface area contributed by atoms with Crippen LogP contribution in [0.25, 0.3) is 10.9 Å². The second-order valence-corrected chi connectivity index (χ2v) is 9.19. The van der Waals surface area contributed by atoms with Gasteiger partial charge in [-0.2, -0.15) is 18.2 Å². The maximum absolute atomic E-state index is 14.3. The zero-order valence-corrected chi connectivity index (χ0v) is 19.6. The van der Waals surface area contributed by atoms with Crippen LogP contribution in [-0.2, 0) is 12.7 Å². The Hall–Kier alpha value is -2.65. The third kappa shape index (κ3) is 5.52. The Bertz CT molecular complexity index is 1160. The maximum Gasteiger partial charge on any atom is 0.416 e. The number of nitrogens with one attached hydrogen (secondary N) is 2. The highest BCUT2D eigenvalue weighted by atomic mass is 35.5. The van der Waals surface area contributed by atoms with E-state index in [1.165, 1.54) is 0 Å². The maximum atomic E-state index is 14.3. The van der Waals surface area contributed by atoms with Crippen molar-refractivity contribution in [3.05, 3.63) is 58.4 Å². The van der Waals surface area contributed by atoms with E-state index in [4.69, 9.17) is 11.6 Å². The van der Waals surface area contributed by atoms with Gasteiger partial charge in [-0.05, 0) is 49.9 Å². The molecule has 1 fully saturated rings. The van der Waals surface area contributed by atoms with Gasteiger partial charge in [0.15, 0.2) is 0 Å². The molecule has 0 amide bonds. The van der Waals surface area contributed by atoms with E-state index in [9.17, 15) is 17.6 Å². The Morgan fingerprint density at radius 1 is 1.03 bits per heavy atom. The standard InChI is InChI=1S/C24H26ClF4N5/c1-34(2)22-18-5-3-4-6-20(18)32-23(33-22)31-17-9-7-16(8-10-17)30-13-14-11-15(24(27,28)29)12-19(25)21(14)26/h3-6,11-12,16-17,30H,7-10,13H2,1-2H3,(H,31,32,33). The number of hydrogen-bond acceptors (Lipinski definition) is 5. The summed E-state index contributed by atoms with van der Waals surface area (Å²) in [6.45, 7) is -0.0157. The summed E-state index contributed by atoms with van der Waals surface area (Å²) in [5, 5.41) is 7.07. The van der Waals surface area contributed by atoms with Crippen LogP contribution in [0, 0.1) is 5.82 Å². The molecule has 1 aliphatic carbocycles. The van der Waals surface area contributed by atoms with Crippen LogP contribution >= 0.6 is 11.6 Å². The number of para-hydroxylation sites is 1. The molecule has 0 aliphatic heterocycles. The highest BCUT2D eigenvalue weighted by Gasteiger charge is 2.32. The summed E-state index contributed by atoms with van der Waals surface area (Å²) in [6, 6.07) is 9.53. The molecule has 3 aromatic rings. The second kappa shape index (κ2) is 9.92. The summed E-state index contributed by atoms with van der Waals surface area (Å²) in [6.07, 6.45) is -1.33. The van der Waals surface area contributed by atoms with Crippen molar-refractivity contribution in [2.24, 2.45) is 0 Å². The summed E-state index contributed by atoms with van der Waals surface area (Å²) in [5.41, 5.74) is -0.169. The second-order valence-electron chi connectivity index (χ2n) is 8.79. The van der Waals surface area contributed by atoms with Crippen LogP contribution in [0.2, 0.25) is 5.02 Å². The van der Waals surface area contributed by atoms with Gasteiger partial charge in [-0.1, -0.05) is 23.7 Å². The van der Waals surface area contributed by atoms with E-state index < -0.39 is 22.6 Å². The molecule has 0 bridgehead atoms. The van der Waals surface area contributed by atoms with Crippen molar-refractivity contribution in [1.29, 1.82) is 0 Å². The lowest BCUT2D eigenvalue weighted by molar-refractivity contribution is -0.137. The summed E-state index contributed by atoms with van der Waals surface area (Å²) >= 11 is 5.68. The summed E-state index contributed by atoms with van der Waals surface area (Å²) in [7, 11) is 3.88. The minimum Gasteiger partial charge on any atom is -0.362 e. The minimum atomic E-state index is -4.58. The number of hydrogen-bond donors (Lipinski definition) is 2. The molecule has 0 radical (unpaired) electrons. The van der Waals surface area contributed by atoms with Crippen LogP contribution in [0.1, 0.15) is 36.8 Å². The molecule has 1 heterocycles. The topological polar surface area (TPSA) is 53.1 Å². The molecule has 0 atom stereocenters. The first-order chi connectivity index (χ1) is 16.1. The van der Waals surface area contributed by atoms with Crippen molar-refractivity contribution in [2.45, 2.75) is 50.5 Å². The first kappa shape index (κ1) is 24.5. The highest BCUT2D eigenvalue weighted by Crippen LogP contribution is 2.34. The summed E-state index contributed by atoms with van der Waals surface area (Å²) < 4.78 is 53.4. The van der Waals surface area contributed by atoms with Gasteiger partial charge in [-0.3, -0.25) is 0 Å². The Morgan fingerprint density at radius 3 is 2.38 bits per heavy atom. The largest absolute Gasteiger partial charge is 0.416 e. The fourth-order valence-electron chi connectivity index (χ4n) is 4.28. The van der Waals surface area contributed by atoms with Crippen LogP contribution < -0.4 is 15.5 Å². The lowest BCUT2D eigenvalue weighted by Gasteiger charge is -2.30. The number of rotatable bonds is 6. The molecule has 1 saturated carbocycles. The van der Waals surface area contributed by atoms with Crippen molar-refractivity contribution in [2.75, 3.05) is 24.3 Å². The Morgan fingerprint density at radius 2 is 1.71 bits per heavy atom. The quantitative estimate of drug-likeness (QED) is 0.409. The van der Waals surface area contributed by atoms with Crippen molar-refractivity contribution >= 4 is 34.3 Å². The summed E-state index contributed by atoms with van der Waals surface area (Å²) in [5.74, 6) is 0.590. The molecule has 182 valence electrons. The van der Waals surface area contributed by atoms with Gasteiger partial charge in [0.2, 0.25) is 5.95 Å². The fraction of sp³-hybridized carbons (Fsp3) is 0.417. The third-order valence-corrected chi connectivity index (χ3v) is 6.35. The van der Waals surface area contributed by atoms with Gasteiger partial charge >= 0.3 is 6.18 Å². The monoisotopic (exact) mass is 495 g/mol. The molecule has 1 aromatic heterocycles. The molecule has 10 heteroatoms. The molecule has 0 saturated heterocycles. The fourth-order valence-corrected chi connectivity index (χ4v) is 4.52. The molecule has 0 spiro atoms. The summed E-state index contributed by atoms with van der Waals surface area (Å²) in [4.78, 5) is 11.3. The predicted octanol–water partition coefficient (Wildman–Crippen LogP) is 6.02. The van der Waals surface area contributed by atoms with E-state index in [-0.39, 0.29) is 24.2 Å². The van der Waals surface area contributed by atoms with Crippen molar-refractivity contribution < 1.29 is 17.6 Å². The smallest absolute Gasteiger partial charge is 0.362 e. The average molecular weight is 496 g/mol. The Balaban J connectivity index is 1.36. The first-order valence-electron chi connectivity index (χ1n) is 11.1. The first-order valence-corrected chi connectivity index (χ1v) is 11.5. The lowest BCUT2D eigenvalue weighted by atomic mass is 9.91. The molecule has 0 unspecified atom stereocenters. The molecule has 34 heavy (non-hydrogen) atoms. The molecule has 2 aromatic carbocycles. The van der Waals surface area contributed by atoms with Crippen molar-refractivity contribution in [3.63, 3.8) is 0 Å². The lowest BCUT2D eigenvalue weighted by Crippen LogP contribution is -2.37.